The molecule has 1 atom stereocenters. The van der Waals surface area contributed by atoms with Gasteiger partial charge < -0.3 is 10.1 Å². The topological polar surface area (TPSA) is 34.2 Å². The van der Waals surface area contributed by atoms with Gasteiger partial charge in [0, 0.05) is 43.5 Å². The number of hydrogen-bond acceptors (Lipinski definition) is 4. The SMILES string of the molecule is [2H]C([2H])(NCC[C@@]1(c2ccccn2)CCOC2(CC([2H])([2H])C([2H])([2H])C2)C1)c1sccc1C. The quantitative estimate of drug-likeness (QED) is 0.771. The standard InChI is InChI=1S/C22H30N2OS/c1-18-7-15-26-19(18)16-23-13-10-21(20-6-2-5-12-24-20)11-14-25-22(17-21)8-3-4-9-22/h2,5-7,12,15,23H,3-4,8-11,13-14,16-17H2,1H3/t21-/m1/s1/i3D2,4D2,16D2. The van der Waals surface area contributed by atoms with E-state index in [0.717, 1.165) is 11.3 Å². The van der Waals surface area contributed by atoms with Crippen LogP contribution in [0, 0.1) is 6.92 Å². The largest absolute Gasteiger partial charge is 0.375 e. The van der Waals surface area contributed by atoms with Crippen molar-refractivity contribution >= 4 is 11.3 Å². The van der Waals surface area contributed by atoms with E-state index in [4.69, 9.17) is 13.0 Å². The first kappa shape index (κ1) is 12.3. The van der Waals surface area contributed by atoms with Crippen LogP contribution in [0.2, 0.25) is 0 Å². The van der Waals surface area contributed by atoms with Gasteiger partial charge in [0.25, 0.3) is 0 Å². The minimum atomic E-state index is -1.95. The molecule has 3 nitrogen and oxygen atoms in total. The van der Waals surface area contributed by atoms with Crippen LogP contribution in [0.1, 0.15) is 69.2 Å². The van der Waals surface area contributed by atoms with Crippen LogP contribution >= 0.6 is 11.3 Å². The predicted molar refractivity (Wildman–Crippen MR) is 108 cm³/mol. The van der Waals surface area contributed by atoms with Crippen molar-refractivity contribution in [2.24, 2.45) is 0 Å². The normalized spacial score (nSPS) is 32.8. The third-order valence-electron chi connectivity index (χ3n) is 5.60. The van der Waals surface area contributed by atoms with E-state index in [1.54, 1.807) is 6.20 Å². The van der Waals surface area contributed by atoms with E-state index in [9.17, 15) is 0 Å². The van der Waals surface area contributed by atoms with Crippen LogP contribution < -0.4 is 5.32 Å². The highest BCUT2D eigenvalue weighted by atomic mass is 32.1. The number of aryl methyl sites for hydroxylation is 1. The van der Waals surface area contributed by atoms with E-state index in [1.807, 2.05) is 36.6 Å². The highest BCUT2D eigenvalue weighted by Crippen LogP contribution is 2.49. The van der Waals surface area contributed by atoms with Gasteiger partial charge in [-0.2, -0.15) is 0 Å². The zero-order chi connectivity index (χ0) is 23.3. The van der Waals surface area contributed by atoms with Gasteiger partial charge in [0.05, 0.1) is 5.60 Å². The summed E-state index contributed by atoms with van der Waals surface area (Å²) in [5.74, 6) is 0. The first-order valence-electron chi connectivity index (χ1n) is 12.3. The van der Waals surface area contributed by atoms with Crippen LogP contribution in [0.4, 0.5) is 0 Å². The van der Waals surface area contributed by atoms with Crippen molar-refractivity contribution in [2.45, 2.75) is 69.3 Å². The van der Waals surface area contributed by atoms with Gasteiger partial charge in [-0.25, -0.2) is 0 Å². The molecule has 1 saturated carbocycles. The number of thiophene rings is 1. The molecular formula is C22H30N2OS. The second-order valence-corrected chi connectivity index (χ2v) is 8.31. The lowest BCUT2D eigenvalue weighted by molar-refractivity contribution is -0.104. The minimum Gasteiger partial charge on any atom is -0.375 e. The van der Waals surface area contributed by atoms with Crippen LogP contribution in [0.3, 0.4) is 0 Å². The molecule has 0 unspecified atom stereocenters. The van der Waals surface area contributed by atoms with Crippen LogP contribution in [-0.2, 0) is 16.6 Å². The molecule has 1 aliphatic carbocycles. The average Bonchev–Trinajstić information content (AvgIpc) is 3.21. The van der Waals surface area contributed by atoms with Gasteiger partial charge in [0.1, 0.15) is 0 Å². The number of nitrogens with zero attached hydrogens (tertiary/aromatic N) is 1. The molecule has 140 valence electrons. The van der Waals surface area contributed by atoms with Crippen molar-refractivity contribution in [2.75, 3.05) is 13.2 Å². The molecule has 2 aliphatic rings. The maximum Gasteiger partial charge on any atom is 0.0691 e. The summed E-state index contributed by atoms with van der Waals surface area (Å²) < 4.78 is 56.1. The first-order chi connectivity index (χ1) is 14.9. The molecule has 1 N–H and O–H groups in total. The van der Waals surface area contributed by atoms with Crippen LogP contribution in [0.15, 0.2) is 35.8 Å². The van der Waals surface area contributed by atoms with Gasteiger partial charge in [-0.1, -0.05) is 18.8 Å². The number of hydrogen-bond donors (Lipinski definition) is 1. The van der Waals surface area contributed by atoms with E-state index in [0.29, 0.717) is 37.3 Å². The zero-order valence-electron chi connectivity index (χ0n) is 21.2. The maximum atomic E-state index is 8.50. The Morgan fingerprint density at radius 3 is 2.92 bits per heavy atom. The van der Waals surface area contributed by atoms with Crippen LogP contribution in [0.5, 0.6) is 0 Å². The summed E-state index contributed by atoms with van der Waals surface area (Å²) in [6.07, 6.45) is -0.369. The molecule has 2 aromatic heterocycles. The summed E-state index contributed by atoms with van der Waals surface area (Å²) in [7, 11) is 0. The summed E-state index contributed by atoms with van der Waals surface area (Å²) in [5.41, 5.74) is 0.480. The van der Waals surface area contributed by atoms with Crippen molar-refractivity contribution in [3.63, 3.8) is 0 Å². The molecule has 4 heteroatoms. The lowest BCUT2D eigenvalue weighted by Crippen LogP contribution is -2.47. The molecule has 0 bridgehead atoms. The fourth-order valence-corrected chi connectivity index (χ4v) is 4.93. The second-order valence-electron chi connectivity index (χ2n) is 7.40. The summed E-state index contributed by atoms with van der Waals surface area (Å²) >= 11 is 1.40. The molecule has 26 heavy (non-hydrogen) atoms. The molecule has 0 radical (unpaired) electrons. The first-order valence-corrected chi connectivity index (χ1v) is 10.1. The van der Waals surface area contributed by atoms with E-state index >= 15 is 0 Å². The average molecular weight is 377 g/mol. The monoisotopic (exact) mass is 376 g/mol. The molecule has 1 aliphatic heterocycles. The van der Waals surface area contributed by atoms with Crippen molar-refractivity contribution in [3.05, 3.63) is 52.0 Å². The molecule has 0 amide bonds. The number of rotatable bonds is 6. The summed E-state index contributed by atoms with van der Waals surface area (Å²) in [5, 5.41) is 4.98. The summed E-state index contributed by atoms with van der Waals surface area (Å²) in [6.45, 7) is 1.08. The van der Waals surface area contributed by atoms with Gasteiger partial charge in [-0.05, 0) is 74.7 Å². The number of nitrogens with one attached hydrogen (secondary N) is 1. The van der Waals surface area contributed by atoms with Crippen molar-refractivity contribution in [1.82, 2.24) is 10.3 Å². The van der Waals surface area contributed by atoms with Crippen molar-refractivity contribution in [3.8, 4) is 0 Å². The van der Waals surface area contributed by atoms with Crippen molar-refractivity contribution < 1.29 is 13.0 Å². The Morgan fingerprint density at radius 2 is 2.19 bits per heavy atom. The van der Waals surface area contributed by atoms with Crippen LogP contribution in [-0.4, -0.2) is 23.7 Å². The fourth-order valence-electron chi connectivity index (χ4n) is 4.14. The zero-order valence-corrected chi connectivity index (χ0v) is 16.0. The van der Waals surface area contributed by atoms with E-state index in [2.05, 4.69) is 10.3 Å². The van der Waals surface area contributed by atoms with Gasteiger partial charge in [-0.3, -0.25) is 4.98 Å². The predicted octanol–water partition coefficient (Wildman–Crippen LogP) is 4.99. The Labute approximate surface area is 169 Å². The number of ether oxygens (including phenoxy) is 1. The minimum absolute atomic E-state index is 0.0181. The van der Waals surface area contributed by atoms with Gasteiger partial charge >= 0.3 is 0 Å². The smallest absolute Gasteiger partial charge is 0.0691 e. The van der Waals surface area contributed by atoms with E-state index < -0.39 is 30.3 Å². The molecule has 0 aromatic carbocycles. The van der Waals surface area contributed by atoms with Crippen molar-refractivity contribution in [1.29, 1.82) is 0 Å². The number of aromatic nitrogens is 1. The Bertz CT molecular complexity index is 935. The molecule has 3 heterocycles. The fraction of sp³-hybridized carbons (Fsp3) is 0.591. The summed E-state index contributed by atoms with van der Waals surface area (Å²) in [4.78, 5) is 5.29. The molecule has 2 fully saturated rings. The van der Waals surface area contributed by atoms with E-state index in [1.165, 1.54) is 11.3 Å². The van der Waals surface area contributed by atoms with Crippen LogP contribution in [0.25, 0.3) is 0 Å². The number of pyridine rings is 1. The Balaban J connectivity index is 1.58. The van der Waals surface area contributed by atoms with Gasteiger partial charge in [-0.15, -0.1) is 11.3 Å². The van der Waals surface area contributed by atoms with Gasteiger partial charge in [0.2, 0.25) is 0 Å². The molecular weight excluding hydrogens is 340 g/mol. The Hall–Kier alpha value is -1.23. The maximum absolute atomic E-state index is 8.50. The molecule has 1 spiro atoms. The molecule has 1 saturated heterocycles. The Kier molecular flexibility index (Phi) is 3.68. The highest BCUT2D eigenvalue weighted by molar-refractivity contribution is 7.10. The third kappa shape index (κ3) is 3.73. The lowest BCUT2D eigenvalue weighted by Gasteiger charge is -2.46. The Morgan fingerprint density at radius 1 is 1.31 bits per heavy atom. The lowest BCUT2D eigenvalue weighted by atomic mass is 9.68. The second kappa shape index (κ2) is 7.79. The van der Waals surface area contributed by atoms with E-state index in [-0.39, 0.29) is 12.8 Å². The highest BCUT2D eigenvalue weighted by Gasteiger charge is 2.48. The molecule has 2 aromatic rings. The molecule has 4 rings (SSSR count). The van der Waals surface area contributed by atoms with Gasteiger partial charge in [0.15, 0.2) is 0 Å². The summed E-state index contributed by atoms with van der Waals surface area (Å²) in [6, 6.07) is 7.67. The third-order valence-corrected chi connectivity index (χ3v) is 6.53.